The lowest BCUT2D eigenvalue weighted by Gasteiger charge is -2.38. The highest BCUT2D eigenvalue weighted by Crippen LogP contribution is 2.30. The molecule has 5 heterocycles. The van der Waals surface area contributed by atoms with Crippen LogP contribution in [0.4, 0.5) is 5.69 Å². The van der Waals surface area contributed by atoms with Crippen LogP contribution in [0, 0.1) is 6.92 Å². The van der Waals surface area contributed by atoms with Gasteiger partial charge in [0, 0.05) is 61.2 Å². The molecule has 1 fully saturated rings. The Kier molecular flexibility index (Phi) is 4.84. The van der Waals surface area contributed by atoms with Gasteiger partial charge < -0.3 is 10.2 Å². The summed E-state index contributed by atoms with van der Waals surface area (Å²) in [4.78, 5) is 22.4. The number of hydrogen-bond donors (Lipinski definition) is 1. The lowest BCUT2D eigenvalue weighted by molar-refractivity contribution is -0.134. The molecule has 0 saturated carbocycles. The summed E-state index contributed by atoms with van der Waals surface area (Å²) in [6, 6.07) is 4.38. The molecule has 0 atom stereocenters. The number of hydrogen-bond acceptors (Lipinski definition) is 7. The van der Waals surface area contributed by atoms with Gasteiger partial charge in [0.25, 0.3) is 0 Å². The zero-order chi connectivity index (χ0) is 22.4. The summed E-state index contributed by atoms with van der Waals surface area (Å²) in [6.07, 6.45) is 7.33. The molecule has 1 aliphatic rings. The predicted molar refractivity (Wildman–Crippen MR) is 120 cm³/mol. The molecule has 0 spiro atoms. The van der Waals surface area contributed by atoms with Crippen LogP contribution in [0.5, 0.6) is 0 Å². The molecule has 0 radical (unpaired) electrons. The fourth-order valence-corrected chi connectivity index (χ4v) is 3.85. The Hall–Kier alpha value is -3.82. The molecule has 1 amide bonds. The van der Waals surface area contributed by atoms with Crippen molar-refractivity contribution in [1.82, 2.24) is 39.6 Å². The molecule has 164 valence electrons. The molecule has 0 aliphatic carbocycles. The van der Waals surface area contributed by atoms with E-state index in [4.69, 9.17) is 0 Å². The third-order valence-corrected chi connectivity index (χ3v) is 5.56. The fraction of sp³-hybridized carbons (Fsp3) is 0.364. The topological polar surface area (TPSA) is 107 Å². The quantitative estimate of drug-likeness (QED) is 0.518. The molecule has 0 unspecified atom stereocenters. The van der Waals surface area contributed by atoms with Gasteiger partial charge in [-0.1, -0.05) is 5.21 Å². The minimum atomic E-state index is 0.0839. The van der Waals surface area contributed by atoms with Crippen molar-refractivity contribution >= 4 is 22.6 Å². The van der Waals surface area contributed by atoms with Gasteiger partial charge in [-0.2, -0.15) is 9.78 Å². The van der Waals surface area contributed by atoms with Crippen LogP contribution in [0.2, 0.25) is 0 Å². The van der Waals surface area contributed by atoms with Crippen molar-refractivity contribution in [3.05, 3.63) is 42.5 Å². The molecule has 4 aromatic rings. The normalized spacial score (nSPS) is 14.2. The second kappa shape index (κ2) is 7.70. The monoisotopic (exact) mass is 431 g/mol. The average Bonchev–Trinajstić information content (AvgIpc) is 3.33. The Balaban J connectivity index is 1.49. The van der Waals surface area contributed by atoms with Crippen LogP contribution >= 0.6 is 0 Å². The standard InChI is InChI=1S/C22H25N9O/c1-13(2)26-19-6-21(31-22-16(8-25-31)5-14(3)7-24-22)23-9-18(19)20-12-30(28-27-20)17-10-29(11-17)15(4)32/h5-9,12-13,17H,10-11H2,1-4H3,(H,23,26). The molecule has 0 bridgehead atoms. The number of amides is 1. The Bertz CT molecular complexity index is 1300. The van der Waals surface area contributed by atoms with Gasteiger partial charge in [0.2, 0.25) is 5.91 Å². The van der Waals surface area contributed by atoms with Gasteiger partial charge in [-0.15, -0.1) is 5.10 Å². The van der Waals surface area contributed by atoms with E-state index in [0.717, 1.165) is 33.5 Å². The number of pyridine rings is 2. The summed E-state index contributed by atoms with van der Waals surface area (Å²) in [5.74, 6) is 0.757. The second-order valence-electron chi connectivity index (χ2n) is 8.53. The average molecular weight is 432 g/mol. The molecule has 1 aliphatic heterocycles. The second-order valence-corrected chi connectivity index (χ2v) is 8.53. The van der Waals surface area contributed by atoms with E-state index in [1.165, 1.54) is 0 Å². The third kappa shape index (κ3) is 3.57. The third-order valence-electron chi connectivity index (χ3n) is 5.56. The number of aryl methyl sites for hydroxylation is 1. The lowest BCUT2D eigenvalue weighted by atomic mass is 10.1. The van der Waals surface area contributed by atoms with Gasteiger partial charge in [0.15, 0.2) is 11.5 Å². The maximum absolute atomic E-state index is 11.5. The number of anilines is 1. The minimum absolute atomic E-state index is 0.0839. The van der Waals surface area contributed by atoms with Crippen LogP contribution in [-0.4, -0.2) is 64.7 Å². The van der Waals surface area contributed by atoms with Gasteiger partial charge in [-0.25, -0.2) is 14.6 Å². The largest absolute Gasteiger partial charge is 0.382 e. The van der Waals surface area contributed by atoms with E-state index in [9.17, 15) is 4.79 Å². The molecule has 1 N–H and O–H groups in total. The van der Waals surface area contributed by atoms with E-state index in [1.54, 1.807) is 28.9 Å². The van der Waals surface area contributed by atoms with E-state index in [0.29, 0.717) is 18.9 Å². The van der Waals surface area contributed by atoms with Crippen LogP contribution in [0.1, 0.15) is 32.4 Å². The first-order chi connectivity index (χ1) is 15.4. The van der Waals surface area contributed by atoms with Crippen molar-refractivity contribution in [3.63, 3.8) is 0 Å². The van der Waals surface area contributed by atoms with Gasteiger partial charge in [0.05, 0.1) is 18.4 Å². The lowest BCUT2D eigenvalue weighted by Crippen LogP contribution is -2.50. The van der Waals surface area contributed by atoms with Crippen LogP contribution in [0.15, 0.2) is 36.9 Å². The molecule has 10 heteroatoms. The van der Waals surface area contributed by atoms with Crippen molar-refractivity contribution in [2.75, 3.05) is 18.4 Å². The minimum Gasteiger partial charge on any atom is -0.382 e. The molecular weight excluding hydrogens is 406 g/mol. The van der Waals surface area contributed by atoms with E-state index in [2.05, 4.69) is 50.6 Å². The van der Waals surface area contributed by atoms with E-state index in [-0.39, 0.29) is 18.0 Å². The van der Waals surface area contributed by atoms with Crippen LogP contribution < -0.4 is 5.32 Å². The maximum atomic E-state index is 11.5. The summed E-state index contributed by atoms with van der Waals surface area (Å²) in [7, 11) is 0. The molecule has 0 aromatic carbocycles. The highest BCUT2D eigenvalue weighted by Gasteiger charge is 2.31. The Morgan fingerprint density at radius 3 is 2.72 bits per heavy atom. The zero-order valence-electron chi connectivity index (χ0n) is 18.5. The Morgan fingerprint density at radius 2 is 1.97 bits per heavy atom. The molecule has 10 nitrogen and oxygen atoms in total. The van der Waals surface area contributed by atoms with Crippen LogP contribution in [0.3, 0.4) is 0 Å². The fourth-order valence-electron chi connectivity index (χ4n) is 3.85. The predicted octanol–water partition coefficient (Wildman–Crippen LogP) is 2.61. The van der Waals surface area contributed by atoms with E-state index >= 15 is 0 Å². The van der Waals surface area contributed by atoms with Crippen molar-refractivity contribution < 1.29 is 4.79 Å². The van der Waals surface area contributed by atoms with Crippen LogP contribution in [-0.2, 0) is 4.79 Å². The highest BCUT2D eigenvalue weighted by molar-refractivity contribution is 5.79. The highest BCUT2D eigenvalue weighted by atomic mass is 16.2. The van der Waals surface area contributed by atoms with Gasteiger partial charge in [-0.05, 0) is 32.4 Å². The van der Waals surface area contributed by atoms with Gasteiger partial charge in [-0.3, -0.25) is 4.79 Å². The Morgan fingerprint density at radius 1 is 1.16 bits per heavy atom. The molecule has 32 heavy (non-hydrogen) atoms. The summed E-state index contributed by atoms with van der Waals surface area (Å²) < 4.78 is 3.57. The number of likely N-dealkylation sites (tertiary alicyclic amines) is 1. The van der Waals surface area contributed by atoms with Crippen molar-refractivity contribution in [3.8, 4) is 17.1 Å². The number of rotatable bonds is 5. The number of nitrogens with zero attached hydrogens (tertiary/aromatic N) is 8. The number of nitrogens with one attached hydrogen (secondary N) is 1. The zero-order valence-corrected chi connectivity index (χ0v) is 18.5. The van der Waals surface area contributed by atoms with Crippen LogP contribution in [0.25, 0.3) is 28.1 Å². The number of aromatic nitrogens is 7. The maximum Gasteiger partial charge on any atom is 0.219 e. The SMILES string of the molecule is CC(=O)N1CC(n2cc(-c3cnc(-n4ncc5cc(C)cnc54)cc3NC(C)C)nn2)C1. The van der Waals surface area contributed by atoms with E-state index < -0.39 is 0 Å². The summed E-state index contributed by atoms with van der Waals surface area (Å²) >= 11 is 0. The summed E-state index contributed by atoms with van der Waals surface area (Å²) in [5, 5.41) is 17.6. The molecular formula is C22H25N9O. The molecule has 1 saturated heterocycles. The first-order valence-electron chi connectivity index (χ1n) is 10.6. The number of carbonyl (C=O) groups excluding carboxylic acids is 1. The van der Waals surface area contributed by atoms with Crippen molar-refractivity contribution in [2.45, 2.75) is 39.8 Å². The Labute approximate surface area is 185 Å². The molecule has 5 rings (SSSR count). The summed E-state index contributed by atoms with van der Waals surface area (Å²) in [5.41, 5.74) is 4.33. The van der Waals surface area contributed by atoms with Crippen molar-refractivity contribution in [1.29, 1.82) is 0 Å². The number of fused-ring (bicyclic) bond motifs is 1. The summed E-state index contributed by atoms with van der Waals surface area (Å²) in [6.45, 7) is 9.07. The van der Waals surface area contributed by atoms with Gasteiger partial charge in [0.1, 0.15) is 5.69 Å². The van der Waals surface area contributed by atoms with Gasteiger partial charge >= 0.3 is 0 Å². The first kappa shape index (κ1) is 20.1. The molecule has 4 aromatic heterocycles. The smallest absolute Gasteiger partial charge is 0.219 e. The number of carbonyl (C=O) groups is 1. The van der Waals surface area contributed by atoms with Crippen molar-refractivity contribution in [2.24, 2.45) is 0 Å². The first-order valence-corrected chi connectivity index (χ1v) is 10.6. The van der Waals surface area contributed by atoms with E-state index in [1.807, 2.05) is 30.1 Å².